The van der Waals surface area contributed by atoms with Crippen LogP contribution in [0.5, 0.6) is 0 Å². The summed E-state index contributed by atoms with van der Waals surface area (Å²) in [6.45, 7) is 6.34. The van der Waals surface area contributed by atoms with Gasteiger partial charge in [-0.05, 0) is 32.9 Å². The number of fused-ring (bicyclic) bond motifs is 1. The van der Waals surface area contributed by atoms with Crippen molar-refractivity contribution in [2.24, 2.45) is 0 Å². The van der Waals surface area contributed by atoms with Gasteiger partial charge >= 0.3 is 0 Å². The highest BCUT2D eigenvalue weighted by Gasteiger charge is 2.27. The predicted octanol–water partition coefficient (Wildman–Crippen LogP) is 0.920. The fourth-order valence-electron chi connectivity index (χ4n) is 3.46. The molecule has 0 bridgehead atoms. The van der Waals surface area contributed by atoms with Crippen LogP contribution in [0.4, 0.5) is 5.82 Å². The Bertz CT molecular complexity index is 590. The molecule has 3 rings (SSSR count). The van der Waals surface area contributed by atoms with Crippen molar-refractivity contribution in [3.8, 4) is 0 Å². The van der Waals surface area contributed by atoms with Crippen LogP contribution in [0, 0.1) is 6.92 Å². The van der Waals surface area contributed by atoms with Crippen LogP contribution in [0.25, 0.3) is 0 Å². The number of likely N-dealkylation sites (tertiary alicyclic amines) is 1. The third-order valence-corrected chi connectivity index (χ3v) is 4.75. The molecule has 0 aromatic carbocycles. The molecule has 24 heavy (non-hydrogen) atoms. The quantitative estimate of drug-likeness (QED) is 0.870. The third kappa shape index (κ3) is 4.14. The van der Waals surface area contributed by atoms with E-state index in [0.29, 0.717) is 19.5 Å². The minimum Gasteiger partial charge on any atom is -0.353 e. The lowest BCUT2D eigenvalue weighted by molar-refractivity contribution is -0.124. The first-order chi connectivity index (χ1) is 11.6. The maximum Gasteiger partial charge on any atom is 0.240 e. The molecular formula is C17H27N5O2. The maximum absolute atomic E-state index is 12.2. The zero-order chi connectivity index (χ0) is 16.9. The highest BCUT2D eigenvalue weighted by molar-refractivity contribution is 5.98. The fourth-order valence-corrected chi connectivity index (χ4v) is 3.46. The van der Waals surface area contributed by atoms with Gasteiger partial charge in [-0.25, -0.2) is 4.68 Å². The molecule has 0 saturated carbocycles. The number of rotatable bonds is 5. The zero-order valence-electron chi connectivity index (χ0n) is 14.5. The van der Waals surface area contributed by atoms with Crippen molar-refractivity contribution < 1.29 is 9.59 Å². The van der Waals surface area contributed by atoms with Crippen LogP contribution in [0.3, 0.4) is 0 Å². The molecule has 2 amide bonds. The zero-order valence-corrected chi connectivity index (χ0v) is 14.5. The van der Waals surface area contributed by atoms with E-state index in [-0.39, 0.29) is 18.4 Å². The van der Waals surface area contributed by atoms with Crippen molar-refractivity contribution >= 4 is 17.6 Å². The molecule has 0 aliphatic carbocycles. The number of aromatic nitrogens is 2. The Morgan fingerprint density at radius 3 is 2.71 bits per heavy atom. The molecule has 132 valence electrons. The Kier molecular flexibility index (Phi) is 5.50. The summed E-state index contributed by atoms with van der Waals surface area (Å²) < 4.78 is 1.81. The van der Waals surface area contributed by atoms with Gasteiger partial charge in [-0.1, -0.05) is 12.8 Å². The number of anilines is 1. The van der Waals surface area contributed by atoms with E-state index < -0.39 is 0 Å². The molecule has 1 saturated heterocycles. The summed E-state index contributed by atoms with van der Waals surface area (Å²) in [5, 5.41) is 7.31. The molecule has 0 atom stereocenters. The van der Waals surface area contributed by atoms with Gasteiger partial charge in [-0.15, -0.1) is 0 Å². The smallest absolute Gasteiger partial charge is 0.240 e. The second kappa shape index (κ2) is 7.79. The summed E-state index contributed by atoms with van der Waals surface area (Å²) in [6.07, 6.45) is 5.52. The standard InChI is InChI=1S/C17H27N5O2/c1-14-12-16-21(17(24)6-10-22(16)19-14)13-15(23)18-7-11-20-8-4-2-3-5-9-20/h12H,2-11,13H2,1H3,(H,18,23). The number of aryl methyl sites for hydroxylation is 2. The van der Waals surface area contributed by atoms with E-state index >= 15 is 0 Å². The van der Waals surface area contributed by atoms with Crippen LogP contribution in [0.1, 0.15) is 37.8 Å². The minimum atomic E-state index is -0.106. The van der Waals surface area contributed by atoms with Gasteiger partial charge in [0.1, 0.15) is 12.4 Å². The van der Waals surface area contributed by atoms with Crippen molar-refractivity contribution in [2.45, 2.75) is 45.6 Å². The predicted molar refractivity (Wildman–Crippen MR) is 91.9 cm³/mol. The Morgan fingerprint density at radius 2 is 1.96 bits per heavy atom. The third-order valence-electron chi connectivity index (χ3n) is 4.75. The van der Waals surface area contributed by atoms with Crippen molar-refractivity contribution in [1.82, 2.24) is 20.0 Å². The SMILES string of the molecule is Cc1cc2n(n1)CCC(=O)N2CC(=O)NCCN1CCCCCC1. The number of nitrogens with one attached hydrogen (secondary N) is 1. The highest BCUT2D eigenvalue weighted by Crippen LogP contribution is 2.21. The molecule has 1 N–H and O–H groups in total. The van der Waals surface area contributed by atoms with E-state index in [2.05, 4.69) is 15.3 Å². The number of hydrogen-bond donors (Lipinski definition) is 1. The van der Waals surface area contributed by atoms with Gasteiger partial charge in [0.25, 0.3) is 0 Å². The molecule has 3 heterocycles. The lowest BCUT2D eigenvalue weighted by Crippen LogP contribution is -2.45. The van der Waals surface area contributed by atoms with Crippen molar-refractivity contribution in [1.29, 1.82) is 0 Å². The van der Waals surface area contributed by atoms with E-state index in [1.165, 1.54) is 25.7 Å². The molecule has 1 fully saturated rings. The summed E-state index contributed by atoms with van der Waals surface area (Å²) in [5.74, 6) is 0.613. The first-order valence-corrected chi connectivity index (χ1v) is 8.97. The number of carbonyl (C=O) groups excluding carboxylic acids is 2. The van der Waals surface area contributed by atoms with Gasteiger partial charge in [-0.2, -0.15) is 5.10 Å². The van der Waals surface area contributed by atoms with Crippen LogP contribution in [0.15, 0.2) is 6.07 Å². The Hall–Kier alpha value is -1.89. The van der Waals surface area contributed by atoms with E-state index in [0.717, 1.165) is 31.1 Å². The van der Waals surface area contributed by atoms with Crippen molar-refractivity contribution in [3.05, 3.63) is 11.8 Å². The number of nitrogens with zero attached hydrogens (tertiary/aromatic N) is 4. The topological polar surface area (TPSA) is 70.5 Å². The van der Waals surface area contributed by atoms with Gasteiger partial charge in [0.2, 0.25) is 11.8 Å². The second-order valence-electron chi connectivity index (χ2n) is 6.70. The van der Waals surface area contributed by atoms with Gasteiger partial charge < -0.3 is 10.2 Å². The summed E-state index contributed by atoms with van der Waals surface area (Å²) in [4.78, 5) is 28.3. The Balaban J connectivity index is 1.48. The first kappa shape index (κ1) is 17.0. The lowest BCUT2D eigenvalue weighted by atomic mass is 10.2. The number of hydrogen-bond acceptors (Lipinski definition) is 4. The van der Waals surface area contributed by atoms with Crippen LogP contribution < -0.4 is 10.2 Å². The summed E-state index contributed by atoms with van der Waals surface area (Å²) >= 11 is 0. The van der Waals surface area contributed by atoms with Crippen LogP contribution in [-0.4, -0.2) is 59.2 Å². The monoisotopic (exact) mass is 333 g/mol. The molecule has 2 aliphatic heterocycles. The average molecular weight is 333 g/mol. The van der Waals surface area contributed by atoms with E-state index in [9.17, 15) is 9.59 Å². The van der Waals surface area contributed by atoms with Crippen molar-refractivity contribution in [3.63, 3.8) is 0 Å². The number of amides is 2. The van der Waals surface area contributed by atoms with E-state index in [1.807, 2.05) is 13.0 Å². The molecule has 2 aliphatic rings. The van der Waals surface area contributed by atoms with E-state index in [1.54, 1.807) is 9.58 Å². The Morgan fingerprint density at radius 1 is 1.21 bits per heavy atom. The first-order valence-electron chi connectivity index (χ1n) is 8.97. The summed E-state index contributed by atoms with van der Waals surface area (Å²) in [5.41, 5.74) is 0.867. The van der Waals surface area contributed by atoms with Crippen LogP contribution >= 0.6 is 0 Å². The number of carbonyl (C=O) groups is 2. The van der Waals surface area contributed by atoms with Crippen LogP contribution in [-0.2, 0) is 16.1 Å². The summed E-state index contributed by atoms with van der Waals surface area (Å²) in [7, 11) is 0. The molecule has 0 radical (unpaired) electrons. The van der Waals surface area contributed by atoms with Gasteiger partial charge in [0.05, 0.1) is 12.2 Å². The summed E-state index contributed by atoms with van der Waals surface area (Å²) in [6, 6.07) is 1.86. The molecule has 7 nitrogen and oxygen atoms in total. The largest absolute Gasteiger partial charge is 0.353 e. The fraction of sp³-hybridized carbons (Fsp3) is 0.706. The molecule has 1 aromatic rings. The average Bonchev–Trinajstić information content (AvgIpc) is 2.76. The molecule has 0 spiro atoms. The highest BCUT2D eigenvalue weighted by atomic mass is 16.2. The Labute approximate surface area is 143 Å². The molecular weight excluding hydrogens is 306 g/mol. The maximum atomic E-state index is 12.2. The lowest BCUT2D eigenvalue weighted by Gasteiger charge is -2.27. The van der Waals surface area contributed by atoms with Gasteiger partial charge in [-0.3, -0.25) is 14.5 Å². The van der Waals surface area contributed by atoms with Gasteiger partial charge in [0.15, 0.2) is 0 Å². The molecule has 1 aromatic heterocycles. The second-order valence-corrected chi connectivity index (χ2v) is 6.70. The molecule has 0 unspecified atom stereocenters. The van der Waals surface area contributed by atoms with Crippen LogP contribution in [0.2, 0.25) is 0 Å². The normalized spacial score (nSPS) is 19.0. The van der Waals surface area contributed by atoms with E-state index in [4.69, 9.17) is 0 Å². The minimum absolute atomic E-state index is 0.00920. The van der Waals surface area contributed by atoms with Gasteiger partial charge in [0, 0.05) is 25.6 Å². The molecule has 7 heteroatoms. The van der Waals surface area contributed by atoms with Crippen molar-refractivity contribution in [2.75, 3.05) is 37.6 Å².